The zero-order chi connectivity index (χ0) is 11.5. The summed E-state index contributed by atoms with van der Waals surface area (Å²) in [6, 6.07) is 5.59. The van der Waals surface area contributed by atoms with Gasteiger partial charge < -0.3 is 9.47 Å². The number of hydrogen-bond donors (Lipinski definition) is 0. The minimum absolute atomic E-state index is 0.0594. The summed E-state index contributed by atoms with van der Waals surface area (Å²) in [6.45, 7) is 0. The molecule has 1 aliphatic rings. The summed E-state index contributed by atoms with van der Waals surface area (Å²) in [4.78, 5) is 11.7. The molecule has 0 bridgehead atoms. The summed E-state index contributed by atoms with van der Waals surface area (Å²) in [6.07, 6.45) is 0. The van der Waals surface area contributed by atoms with Crippen LogP contribution in [-0.4, -0.2) is 25.1 Å². The second-order valence-electron chi connectivity index (χ2n) is 3.35. The van der Waals surface area contributed by atoms with Gasteiger partial charge in [-0.2, -0.15) is 0 Å². The van der Waals surface area contributed by atoms with Gasteiger partial charge in [0.1, 0.15) is 11.5 Å². The van der Waals surface area contributed by atoms with E-state index in [0.29, 0.717) is 0 Å². The van der Waals surface area contributed by atoms with Gasteiger partial charge in [0.15, 0.2) is 0 Å². The van der Waals surface area contributed by atoms with E-state index >= 15 is 0 Å². The molecular weight excluding hydrogens is 244 g/mol. The van der Waals surface area contributed by atoms with Crippen molar-refractivity contribution in [2.24, 2.45) is 0 Å². The highest BCUT2D eigenvalue weighted by atomic mass is 33.1. The van der Waals surface area contributed by atoms with Crippen molar-refractivity contribution in [2.45, 2.75) is 5.92 Å². The van der Waals surface area contributed by atoms with E-state index in [9.17, 15) is 4.79 Å². The molecule has 0 aliphatic carbocycles. The Morgan fingerprint density at radius 2 is 2.12 bits per heavy atom. The molecule has 1 aromatic rings. The molecule has 0 N–H and O–H groups in total. The van der Waals surface area contributed by atoms with Crippen LogP contribution >= 0.6 is 21.6 Å². The van der Waals surface area contributed by atoms with Crippen LogP contribution in [0.2, 0.25) is 0 Å². The first kappa shape index (κ1) is 11.7. The zero-order valence-electron chi connectivity index (χ0n) is 9.06. The maximum Gasteiger partial charge on any atom is 0.207 e. The van der Waals surface area contributed by atoms with E-state index < -0.39 is 0 Å². The molecule has 0 saturated carbocycles. The van der Waals surface area contributed by atoms with E-state index in [1.807, 2.05) is 18.2 Å². The van der Waals surface area contributed by atoms with Crippen LogP contribution in [0.15, 0.2) is 18.2 Å². The number of carbonyl (C=O) groups excluding carboxylic acids is 1. The molecule has 2 rings (SSSR count). The summed E-state index contributed by atoms with van der Waals surface area (Å²) in [5.41, 5.74) is 0.950. The Kier molecular flexibility index (Phi) is 3.66. The van der Waals surface area contributed by atoms with Crippen LogP contribution in [0.25, 0.3) is 0 Å². The van der Waals surface area contributed by atoms with Gasteiger partial charge in [-0.25, -0.2) is 0 Å². The van der Waals surface area contributed by atoms with Gasteiger partial charge in [-0.1, -0.05) is 16.9 Å². The Morgan fingerprint density at radius 3 is 2.69 bits per heavy atom. The van der Waals surface area contributed by atoms with Crippen molar-refractivity contribution in [1.82, 2.24) is 0 Å². The minimum Gasteiger partial charge on any atom is -0.497 e. The van der Waals surface area contributed by atoms with Crippen LogP contribution in [-0.2, 0) is 4.79 Å². The number of benzene rings is 1. The standard InChI is InChI=1S/C11H12O3S2/c1-13-7-3-4-8(10(5-7)14-2)9-6-15-16-11(9)12/h3-5,9H,6H2,1-2H3. The highest BCUT2D eigenvalue weighted by molar-refractivity contribution is 8.83. The first-order valence-corrected chi connectivity index (χ1v) is 7.13. The van der Waals surface area contributed by atoms with Gasteiger partial charge in [-0.3, -0.25) is 4.79 Å². The Hall–Kier alpha value is -0.810. The van der Waals surface area contributed by atoms with E-state index in [2.05, 4.69) is 0 Å². The van der Waals surface area contributed by atoms with Crippen molar-refractivity contribution < 1.29 is 14.3 Å². The van der Waals surface area contributed by atoms with Gasteiger partial charge in [0.05, 0.1) is 20.1 Å². The second-order valence-corrected chi connectivity index (χ2v) is 5.69. The normalized spacial score (nSPS) is 19.9. The average Bonchev–Trinajstić information content (AvgIpc) is 2.74. The smallest absolute Gasteiger partial charge is 0.207 e. The molecule has 1 heterocycles. The second kappa shape index (κ2) is 5.01. The fraction of sp³-hybridized carbons (Fsp3) is 0.364. The van der Waals surface area contributed by atoms with Gasteiger partial charge in [-0.15, -0.1) is 0 Å². The monoisotopic (exact) mass is 256 g/mol. The summed E-state index contributed by atoms with van der Waals surface area (Å²) < 4.78 is 10.4. The number of methoxy groups -OCH3 is 2. The SMILES string of the molecule is COc1ccc(C2CSSC2=O)c(OC)c1. The van der Waals surface area contributed by atoms with E-state index in [1.54, 1.807) is 25.0 Å². The number of hydrogen-bond acceptors (Lipinski definition) is 5. The van der Waals surface area contributed by atoms with Gasteiger partial charge in [0.2, 0.25) is 5.12 Å². The van der Waals surface area contributed by atoms with Crippen molar-refractivity contribution in [2.75, 3.05) is 20.0 Å². The molecule has 1 aromatic carbocycles. The van der Waals surface area contributed by atoms with Crippen molar-refractivity contribution >= 4 is 26.7 Å². The van der Waals surface area contributed by atoms with E-state index in [-0.39, 0.29) is 11.0 Å². The number of carbonyl (C=O) groups is 1. The lowest BCUT2D eigenvalue weighted by Crippen LogP contribution is -2.07. The third-order valence-electron chi connectivity index (χ3n) is 2.48. The largest absolute Gasteiger partial charge is 0.497 e. The molecule has 0 spiro atoms. The van der Waals surface area contributed by atoms with Crippen molar-refractivity contribution in [3.8, 4) is 11.5 Å². The molecule has 1 aliphatic heterocycles. The molecule has 1 fully saturated rings. The van der Waals surface area contributed by atoms with Gasteiger partial charge in [0.25, 0.3) is 0 Å². The third-order valence-corrected chi connectivity index (χ3v) is 4.77. The van der Waals surface area contributed by atoms with E-state index in [4.69, 9.17) is 9.47 Å². The van der Waals surface area contributed by atoms with Gasteiger partial charge in [-0.05, 0) is 16.9 Å². The Labute approximate surface area is 102 Å². The average molecular weight is 256 g/mol. The molecule has 16 heavy (non-hydrogen) atoms. The molecule has 1 saturated heterocycles. The molecule has 3 nitrogen and oxygen atoms in total. The van der Waals surface area contributed by atoms with Crippen LogP contribution in [0.5, 0.6) is 11.5 Å². The summed E-state index contributed by atoms with van der Waals surface area (Å²) >= 11 is 0. The Bertz CT molecular complexity index is 406. The van der Waals surface area contributed by atoms with Crippen molar-refractivity contribution in [3.63, 3.8) is 0 Å². The van der Waals surface area contributed by atoms with Crippen molar-refractivity contribution in [1.29, 1.82) is 0 Å². The molecule has 1 atom stereocenters. The van der Waals surface area contributed by atoms with Gasteiger partial charge >= 0.3 is 0 Å². The maximum absolute atomic E-state index is 11.7. The molecule has 1 unspecified atom stereocenters. The topological polar surface area (TPSA) is 35.5 Å². The number of ether oxygens (including phenoxy) is 2. The van der Waals surface area contributed by atoms with Crippen LogP contribution in [0.1, 0.15) is 11.5 Å². The Balaban J connectivity index is 2.36. The van der Waals surface area contributed by atoms with Crippen LogP contribution in [0.3, 0.4) is 0 Å². The molecule has 0 aromatic heterocycles. The molecule has 86 valence electrons. The van der Waals surface area contributed by atoms with Crippen LogP contribution < -0.4 is 9.47 Å². The highest BCUT2D eigenvalue weighted by Crippen LogP contribution is 2.44. The van der Waals surface area contributed by atoms with Crippen LogP contribution in [0.4, 0.5) is 0 Å². The lowest BCUT2D eigenvalue weighted by molar-refractivity contribution is -0.111. The molecule has 0 radical (unpaired) electrons. The summed E-state index contributed by atoms with van der Waals surface area (Å²) in [7, 11) is 6.14. The number of rotatable bonds is 3. The maximum atomic E-state index is 11.7. The first-order valence-electron chi connectivity index (χ1n) is 4.81. The lowest BCUT2D eigenvalue weighted by Gasteiger charge is -2.13. The third kappa shape index (κ3) is 2.15. The summed E-state index contributed by atoms with van der Waals surface area (Å²) in [5, 5.41) is 0.202. The highest BCUT2D eigenvalue weighted by Gasteiger charge is 2.30. The predicted molar refractivity (Wildman–Crippen MR) is 67.3 cm³/mol. The Morgan fingerprint density at radius 1 is 1.31 bits per heavy atom. The fourth-order valence-corrected chi connectivity index (χ4v) is 4.00. The first-order chi connectivity index (χ1) is 7.76. The van der Waals surface area contributed by atoms with E-state index in [1.165, 1.54) is 10.8 Å². The molecular formula is C11H12O3S2. The molecule has 5 heteroatoms. The van der Waals surface area contributed by atoms with Crippen LogP contribution in [0, 0.1) is 0 Å². The quantitative estimate of drug-likeness (QED) is 0.777. The fourth-order valence-electron chi connectivity index (χ4n) is 1.61. The van der Waals surface area contributed by atoms with E-state index in [0.717, 1.165) is 22.8 Å². The summed E-state index contributed by atoms with van der Waals surface area (Å²) in [5.74, 6) is 2.22. The molecule has 0 amide bonds. The predicted octanol–water partition coefficient (Wildman–Crippen LogP) is 2.71. The van der Waals surface area contributed by atoms with Crippen molar-refractivity contribution in [3.05, 3.63) is 23.8 Å². The van der Waals surface area contributed by atoms with Gasteiger partial charge in [0, 0.05) is 17.4 Å². The lowest BCUT2D eigenvalue weighted by atomic mass is 10.0. The minimum atomic E-state index is -0.0594. The zero-order valence-corrected chi connectivity index (χ0v) is 10.7.